The van der Waals surface area contributed by atoms with E-state index in [1.165, 1.54) is 32.4 Å². The molecule has 0 aromatic heterocycles. The number of carbonyl (C=O) groups is 4. The number of hydrogen-bond donors (Lipinski definition) is 3. The topological polar surface area (TPSA) is 151 Å². The summed E-state index contributed by atoms with van der Waals surface area (Å²) in [7, 11) is 1.06. The molecule has 0 unspecified atom stereocenters. The highest BCUT2D eigenvalue weighted by Gasteiger charge is 2.56. The first kappa shape index (κ1) is 29.3. The van der Waals surface area contributed by atoms with Gasteiger partial charge in [-0.15, -0.1) is 0 Å². The van der Waals surface area contributed by atoms with Crippen molar-refractivity contribution in [2.45, 2.75) is 19.8 Å². The second-order valence-corrected chi connectivity index (χ2v) is 11.4. The summed E-state index contributed by atoms with van der Waals surface area (Å²) >= 11 is 0. The van der Waals surface area contributed by atoms with Crippen LogP contribution in [0.1, 0.15) is 25.3 Å². The molecule has 1 saturated heterocycles. The molecular weight excluding hydrogens is 565 g/mol. The molecule has 2 aromatic carbocycles. The van der Waals surface area contributed by atoms with Gasteiger partial charge in [0.15, 0.2) is 23.1 Å². The van der Waals surface area contributed by atoms with E-state index in [1.807, 2.05) is 6.08 Å². The highest BCUT2D eigenvalue weighted by atomic mass is 16.5. The molecule has 0 spiro atoms. The number of imide groups is 1. The Kier molecular flexibility index (Phi) is 7.39. The molecule has 1 fully saturated rings. The van der Waals surface area contributed by atoms with Crippen molar-refractivity contribution in [2.24, 2.45) is 23.7 Å². The molecule has 2 aromatic rings. The van der Waals surface area contributed by atoms with Crippen LogP contribution in [0.4, 0.5) is 5.69 Å². The number of aromatic hydroxyl groups is 1. The number of phenols is 1. The lowest BCUT2D eigenvalue weighted by atomic mass is 9.60. The van der Waals surface area contributed by atoms with Gasteiger partial charge in [0.05, 0.1) is 31.7 Å². The number of rotatable bonds is 6. The van der Waals surface area contributed by atoms with Crippen LogP contribution in [0.15, 0.2) is 76.9 Å². The Balaban J connectivity index is 1.43. The monoisotopic (exact) mass is 595 g/mol. The molecule has 44 heavy (non-hydrogen) atoms. The fraction of sp³-hybridized carbons (Fsp3) is 0.273. The molecule has 10 nitrogen and oxygen atoms in total. The minimum atomic E-state index is -1.77. The predicted octanol–water partition coefficient (Wildman–Crippen LogP) is 2.27. The summed E-state index contributed by atoms with van der Waals surface area (Å²) in [5.41, 5.74) is 2.80. The third-order valence-electron chi connectivity index (χ3n) is 9.02. The Bertz CT molecular complexity index is 1730. The minimum Gasteiger partial charge on any atom is -0.502 e. The lowest BCUT2D eigenvalue weighted by Gasteiger charge is -2.41. The summed E-state index contributed by atoms with van der Waals surface area (Å²) in [6.45, 7) is 1.59. The maximum Gasteiger partial charge on any atom is 0.488 e. The summed E-state index contributed by atoms with van der Waals surface area (Å²) in [6, 6.07) is 9.22. The molecule has 4 atom stereocenters. The van der Waals surface area contributed by atoms with Gasteiger partial charge in [-0.1, -0.05) is 35.9 Å². The van der Waals surface area contributed by atoms with Gasteiger partial charge in [-0.25, -0.2) is 0 Å². The normalized spacial score (nSPS) is 24.6. The highest BCUT2D eigenvalue weighted by molar-refractivity contribution is 6.58. The number of fused-ring (bicyclic) bond motifs is 3. The summed E-state index contributed by atoms with van der Waals surface area (Å²) in [5.74, 6) is -3.70. The number of carbonyl (C=O) groups excluding carboxylic acids is 4. The van der Waals surface area contributed by atoms with Crippen molar-refractivity contribution in [1.82, 2.24) is 0 Å². The third kappa shape index (κ3) is 4.60. The zero-order valence-corrected chi connectivity index (χ0v) is 24.3. The van der Waals surface area contributed by atoms with E-state index in [1.54, 1.807) is 43.3 Å². The molecule has 3 N–H and O–H groups in total. The first-order valence-electron chi connectivity index (χ1n) is 14.2. The lowest BCUT2D eigenvalue weighted by molar-refractivity contribution is -0.123. The van der Waals surface area contributed by atoms with Crippen molar-refractivity contribution in [3.05, 3.63) is 82.5 Å². The standard InChI is InChI=1S/C33H30BNO9/c1-16-11-25(36)28-21(8-7-17-12-26(43-2)31(38)27(13-17)44-3)20-9-10-22-29(23(20)15-24(28)30(16)37)33(40)35(32(22)39)19-6-4-5-18(14-19)34(41)42/h4-9,11-14,21-23,29,38,41-42H,10,15H2,1-3H3/t21-,22-,23+,29-/m0/s1. The van der Waals surface area contributed by atoms with Gasteiger partial charge in [-0.2, -0.15) is 0 Å². The van der Waals surface area contributed by atoms with Crippen LogP contribution in [0.25, 0.3) is 6.08 Å². The van der Waals surface area contributed by atoms with Crippen molar-refractivity contribution in [3.8, 4) is 17.2 Å². The number of Topliss-reactive ketones (excluding diaryl/α,β-unsaturated/α-hetero) is 1. The molecule has 0 radical (unpaired) electrons. The van der Waals surface area contributed by atoms with E-state index in [0.29, 0.717) is 22.3 Å². The first-order valence-corrected chi connectivity index (χ1v) is 14.2. The van der Waals surface area contributed by atoms with Gasteiger partial charge < -0.3 is 24.6 Å². The van der Waals surface area contributed by atoms with Gasteiger partial charge >= 0.3 is 7.12 Å². The molecule has 6 rings (SSSR count). The number of nitrogens with zero attached hydrogens (tertiary/aromatic N) is 1. The zero-order valence-electron chi connectivity index (χ0n) is 24.3. The van der Waals surface area contributed by atoms with Crippen molar-refractivity contribution in [1.29, 1.82) is 0 Å². The van der Waals surface area contributed by atoms with E-state index in [9.17, 15) is 34.3 Å². The number of amides is 2. The average molecular weight is 595 g/mol. The van der Waals surface area contributed by atoms with Crippen molar-refractivity contribution >= 4 is 47.7 Å². The fourth-order valence-corrected chi connectivity index (χ4v) is 6.96. The quantitative estimate of drug-likeness (QED) is 0.198. The number of anilines is 1. The van der Waals surface area contributed by atoms with Crippen LogP contribution >= 0.6 is 0 Å². The number of allylic oxidation sites excluding steroid dienone is 7. The van der Waals surface area contributed by atoms with Crippen LogP contribution in [0.3, 0.4) is 0 Å². The maximum atomic E-state index is 14.0. The van der Waals surface area contributed by atoms with E-state index >= 15 is 0 Å². The molecule has 11 heteroatoms. The maximum absolute atomic E-state index is 14.0. The minimum absolute atomic E-state index is 0.144. The van der Waals surface area contributed by atoms with E-state index in [0.717, 1.165) is 10.5 Å². The number of benzene rings is 2. The molecule has 1 aliphatic heterocycles. The molecule has 0 bridgehead atoms. The van der Waals surface area contributed by atoms with Crippen LogP contribution < -0.4 is 19.8 Å². The van der Waals surface area contributed by atoms with Crippen molar-refractivity contribution in [3.63, 3.8) is 0 Å². The Morgan fingerprint density at radius 2 is 1.68 bits per heavy atom. The molecule has 2 amide bonds. The number of ether oxygens (including phenoxy) is 2. The van der Waals surface area contributed by atoms with Crippen LogP contribution in [0, 0.1) is 23.7 Å². The molecule has 224 valence electrons. The first-order chi connectivity index (χ1) is 21.0. The predicted molar refractivity (Wildman–Crippen MR) is 161 cm³/mol. The summed E-state index contributed by atoms with van der Waals surface area (Å²) < 4.78 is 10.6. The third-order valence-corrected chi connectivity index (χ3v) is 9.02. The number of phenolic OH excluding ortho intramolecular Hbond substituents is 1. The van der Waals surface area contributed by atoms with Gasteiger partial charge in [0.25, 0.3) is 0 Å². The summed E-state index contributed by atoms with van der Waals surface area (Å²) in [4.78, 5) is 55.6. The van der Waals surface area contributed by atoms with Crippen molar-refractivity contribution in [2.75, 3.05) is 19.1 Å². The Hall–Kier alpha value is -4.74. The Labute approximate surface area is 253 Å². The van der Waals surface area contributed by atoms with E-state index in [2.05, 4.69) is 0 Å². The average Bonchev–Trinajstić information content (AvgIpc) is 3.27. The fourth-order valence-electron chi connectivity index (χ4n) is 6.96. The van der Waals surface area contributed by atoms with Gasteiger partial charge in [0, 0.05) is 22.6 Å². The van der Waals surface area contributed by atoms with Gasteiger partial charge in [-0.05, 0) is 67.1 Å². The van der Waals surface area contributed by atoms with Gasteiger partial charge in [0.2, 0.25) is 17.6 Å². The molecule has 1 heterocycles. The van der Waals surface area contributed by atoms with Crippen LogP contribution in [-0.4, -0.2) is 59.9 Å². The molecule has 3 aliphatic carbocycles. The van der Waals surface area contributed by atoms with Crippen LogP contribution in [0.5, 0.6) is 17.2 Å². The number of hydrogen-bond acceptors (Lipinski definition) is 9. The van der Waals surface area contributed by atoms with E-state index in [4.69, 9.17) is 9.47 Å². The van der Waals surface area contributed by atoms with E-state index < -0.39 is 42.6 Å². The lowest BCUT2D eigenvalue weighted by Crippen LogP contribution is -2.40. The van der Waals surface area contributed by atoms with Crippen LogP contribution in [0.2, 0.25) is 0 Å². The van der Waals surface area contributed by atoms with E-state index in [-0.39, 0.29) is 52.8 Å². The summed E-state index contributed by atoms with van der Waals surface area (Å²) in [6.07, 6.45) is 7.21. The SMILES string of the molecule is COc1cc(C=C[C@H]2C3=CC[C@@H]4C(=O)N(c5cccc(B(O)O)c5)C(=O)[C@@H]4[C@@H]3CC3=C2C(=O)C=C(C)C3=O)cc(OC)c1O. The second kappa shape index (κ2) is 11.1. The molecule has 0 saturated carbocycles. The number of methoxy groups -OCH3 is 2. The van der Waals surface area contributed by atoms with Crippen molar-refractivity contribution < 1.29 is 43.8 Å². The Morgan fingerprint density at radius 1 is 0.977 bits per heavy atom. The largest absolute Gasteiger partial charge is 0.502 e. The second-order valence-electron chi connectivity index (χ2n) is 11.4. The number of ketones is 2. The van der Waals surface area contributed by atoms with Crippen LogP contribution in [-0.2, 0) is 19.2 Å². The summed E-state index contributed by atoms with van der Waals surface area (Å²) in [5, 5.41) is 29.6. The smallest absolute Gasteiger partial charge is 0.488 e. The molecule has 4 aliphatic rings. The van der Waals surface area contributed by atoms with Gasteiger partial charge in [0.1, 0.15) is 0 Å². The molecular formula is C33H30BNO9. The Morgan fingerprint density at radius 3 is 2.34 bits per heavy atom. The highest BCUT2D eigenvalue weighted by Crippen LogP contribution is 2.53. The van der Waals surface area contributed by atoms with Gasteiger partial charge in [-0.3, -0.25) is 24.1 Å². The zero-order chi connectivity index (χ0) is 31.4.